The zero-order valence-corrected chi connectivity index (χ0v) is 38.3. The van der Waals surface area contributed by atoms with Gasteiger partial charge in [-0.15, -0.1) is 0 Å². The van der Waals surface area contributed by atoms with Gasteiger partial charge >= 0.3 is 0 Å². The van der Waals surface area contributed by atoms with E-state index in [4.69, 9.17) is 4.42 Å². The van der Waals surface area contributed by atoms with E-state index in [1.807, 2.05) is 0 Å². The second-order valence-electron chi connectivity index (χ2n) is 18.0. The van der Waals surface area contributed by atoms with Crippen LogP contribution in [-0.4, -0.2) is 0 Å². The molecule has 328 valence electrons. The molecule has 0 atom stereocenters. The largest absolute Gasteiger partial charge is 0.455 e. The number of nitrogens with zero attached hydrogens (tertiary/aromatic N) is 1. The number of hydrogen-bond acceptors (Lipinski definition) is 2. The van der Waals surface area contributed by atoms with Crippen molar-refractivity contribution in [1.29, 1.82) is 0 Å². The summed E-state index contributed by atoms with van der Waals surface area (Å²) in [6.07, 6.45) is 0. The van der Waals surface area contributed by atoms with Gasteiger partial charge in [0.15, 0.2) is 0 Å². The van der Waals surface area contributed by atoms with E-state index in [1.165, 1.54) is 66.1 Å². The third kappa shape index (κ3) is 7.22. The third-order valence-corrected chi connectivity index (χ3v) is 13.9. The van der Waals surface area contributed by atoms with E-state index >= 15 is 0 Å². The SMILES string of the molecule is c1ccc(-c2ccccc2-c2ccccc2-c2ccc(N(c3ccc(-c4cccc(-c5cccc6ccccc56)c4)cc3)c3ccc(-c4cccc5ccccc45)c4oc5ccccc5c34)cc2)cc1. The molecule has 0 aliphatic carbocycles. The van der Waals surface area contributed by atoms with Gasteiger partial charge in [0.1, 0.15) is 11.2 Å². The summed E-state index contributed by atoms with van der Waals surface area (Å²) in [5.41, 5.74) is 19.0. The van der Waals surface area contributed by atoms with Gasteiger partial charge in [0.25, 0.3) is 0 Å². The van der Waals surface area contributed by atoms with Gasteiger partial charge in [-0.25, -0.2) is 0 Å². The number of para-hydroxylation sites is 1. The van der Waals surface area contributed by atoms with Crippen molar-refractivity contribution in [3.8, 4) is 66.8 Å². The number of rotatable bonds is 9. The van der Waals surface area contributed by atoms with Crippen molar-refractivity contribution in [2.75, 3.05) is 4.90 Å². The first-order chi connectivity index (χ1) is 34.7. The topological polar surface area (TPSA) is 16.4 Å². The molecule has 13 aromatic rings. The molecule has 2 nitrogen and oxygen atoms in total. The number of furan rings is 1. The molecule has 0 saturated heterocycles. The Bertz CT molecular complexity index is 4040. The summed E-state index contributed by atoms with van der Waals surface area (Å²) in [6.45, 7) is 0. The molecule has 0 spiro atoms. The lowest BCUT2D eigenvalue weighted by molar-refractivity contribution is 0.670. The highest BCUT2D eigenvalue weighted by molar-refractivity contribution is 6.18. The van der Waals surface area contributed by atoms with Crippen LogP contribution in [0.2, 0.25) is 0 Å². The lowest BCUT2D eigenvalue weighted by Gasteiger charge is -2.27. The molecule has 0 amide bonds. The molecule has 12 aromatic carbocycles. The highest BCUT2D eigenvalue weighted by atomic mass is 16.3. The summed E-state index contributed by atoms with van der Waals surface area (Å²) in [7, 11) is 0. The van der Waals surface area contributed by atoms with Crippen LogP contribution in [0.3, 0.4) is 0 Å². The van der Waals surface area contributed by atoms with Gasteiger partial charge in [0.2, 0.25) is 0 Å². The molecule has 2 heteroatoms. The molecular formula is C68H45NO. The van der Waals surface area contributed by atoms with E-state index in [-0.39, 0.29) is 0 Å². The maximum atomic E-state index is 6.95. The van der Waals surface area contributed by atoms with E-state index in [9.17, 15) is 0 Å². The van der Waals surface area contributed by atoms with Crippen LogP contribution in [0.4, 0.5) is 17.1 Å². The Balaban J connectivity index is 0.963. The van der Waals surface area contributed by atoms with Crippen LogP contribution in [0.5, 0.6) is 0 Å². The summed E-state index contributed by atoms with van der Waals surface area (Å²) in [4.78, 5) is 2.40. The number of fused-ring (bicyclic) bond motifs is 5. The molecule has 0 fully saturated rings. The Kier molecular flexibility index (Phi) is 10.2. The van der Waals surface area contributed by atoms with Crippen molar-refractivity contribution in [2.45, 2.75) is 0 Å². The Morgan fingerprint density at radius 2 is 0.714 bits per heavy atom. The van der Waals surface area contributed by atoms with Gasteiger partial charge in [0, 0.05) is 22.3 Å². The monoisotopic (exact) mass is 891 g/mol. The lowest BCUT2D eigenvalue weighted by atomic mass is 9.89. The minimum Gasteiger partial charge on any atom is -0.455 e. The molecule has 0 bridgehead atoms. The van der Waals surface area contributed by atoms with E-state index in [0.29, 0.717) is 0 Å². The minimum absolute atomic E-state index is 0.857. The Morgan fingerprint density at radius 3 is 1.39 bits per heavy atom. The number of anilines is 3. The predicted octanol–water partition coefficient (Wildman–Crippen LogP) is 19.4. The van der Waals surface area contributed by atoms with Gasteiger partial charge in [-0.2, -0.15) is 0 Å². The number of benzene rings is 12. The van der Waals surface area contributed by atoms with Crippen molar-refractivity contribution in [3.05, 3.63) is 273 Å². The smallest absolute Gasteiger partial charge is 0.145 e. The van der Waals surface area contributed by atoms with E-state index in [1.54, 1.807) is 0 Å². The molecule has 0 unspecified atom stereocenters. The Labute approximate surface area is 407 Å². The fourth-order valence-electron chi connectivity index (χ4n) is 10.6. The maximum absolute atomic E-state index is 6.95. The average Bonchev–Trinajstić information content (AvgIpc) is 3.84. The second kappa shape index (κ2) is 17.4. The standard InChI is InChI=1S/C68H45NO/c1-2-17-47(18-3-1)56-27-8-10-29-60(56)61-30-11-9-28-58(61)50-37-41-54(42-38-50)69(53-39-35-46(36-40-53)51-23-14-24-52(45-51)59-32-15-21-48-19-4-6-25-55(48)59)65-44-43-63(62-33-16-22-49-20-5-7-26-57(49)62)68-67(65)64-31-12-13-34-66(64)70-68/h1-45H. The lowest BCUT2D eigenvalue weighted by Crippen LogP contribution is -2.10. The highest BCUT2D eigenvalue weighted by Gasteiger charge is 2.23. The minimum atomic E-state index is 0.857. The van der Waals surface area contributed by atoms with Gasteiger partial charge in [-0.1, -0.05) is 224 Å². The first kappa shape index (κ1) is 41.0. The quantitative estimate of drug-likeness (QED) is 0.144. The average molecular weight is 892 g/mol. The first-order valence-electron chi connectivity index (χ1n) is 24.0. The molecular weight excluding hydrogens is 847 g/mol. The van der Waals surface area contributed by atoms with Gasteiger partial charge < -0.3 is 9.32 Å². The summed E-state index contributed by atoms with van der Waals surface area (Å²) in [5, 5.41) is 7.03. The zero-order chi connectivity index (χ0) is 46.4. The van der Waals surface area contributed by atoms with Crippen LogP contribution in [0.25, 0.3) is 110 Å². The predicted molar refractivity (Wildman–Crippen MR) is 296 cm³/mol. The van der Waals surface area contributed by atoms with Crippen molar-refractivity contribution in [2.24, 2.45) is 0 Å². The fourth-order valence-corrected chi connectivity index (χ4v) is 10.6. The Hall–Kier alpha value is -9.24. The first-order valence-corrected chi connectivity index (χ1v) is 24.0. The molecule has 0 radical (unpaired) electrons. The third-order valence-electron chi connectivity index (χ3n) is 13.9. The molecule has 1 aromatic heterocycles. The fraction of sp³-hybridized carbons (Fsp3) is 0. The molecule has 70 heavy (non-hydrogen) atoms. The van der Waals surface area contributed by atoms with E-state index in [0.717, 1.165) is 61.3 Å². The van der Waals surface area contributed by atoms with Gasteiger partial charge in [0.05, 0.1) is 11.1 Å². The molecule has 0 saturated carbocycles. The normalized spacial score (nSPS) is 11.4. The summed E-state index contributed by atoms with van der Waals surface area (Å²) < 4.78 is 6.95. The molecule has 1 heterocycles. The van der Waals surface area contributed by atoms with Gasteiger partial charge in [-0.3, -0.25) is 0 Å². The van der Waals surface area contributed by atoms with Crippen LogP contribution >= 0.6 is 0 Å². The van der Waals surface area contributed by atoms with Crippen molar-refractivity contribution in [1.82, 2.24) is 0 Å². The van der Waals surface area contributed by atoms with Crippen LogP contribution in [0.1, 0.15) is 0 Å². The molecule has 0 N–H and O–H groups in total. The summed E-state index contributed by atoms with van der Waals surface area (Å²) in [5.74, 6) is 0. The number of hydrogen-bond donors (Lipinski definition) is 0. The summed E-state index contributed by atoms with van der Waals surface area (Å²) >= 11 is 0. The maximum Gasteiger partial charge on any atom is 0.145 e. The molecule has 0 aliphatic rings. The molecule has 13 rings (SSSR count). The van der Waals surface area contributed by atoms with Gasteiger partial charge in [-0.05, 0) is 131 Å². The van der Waals surface area contributed by atoms with Crippen molar-refractivity contribution >= 4 is 60.5 Å². The highest BCUT2D eigenvalue weighted by Crippen LogP contribution is 2.48. The van der Waals surface area contributed by atoms with Crippen molar-refractivity contribution in [3.63, 3.8) is 0 Å². The summed E-state index contributed by atoms with van der Waals surface area (Å²) in [6, 6.07) is 98.5. The van der Waals surface area contributed by atoms with Crippen LogP contribution in [0.15, 0.2) is 277 Å². The molecule has 0 aliphatic heterocycles. The van der Waals surface area contributed by atoms with Crippen LogP contribution in [0, 0.1) is 0 Å². The van der Waals surface area contributed by atoms with Crippen LogP contribution < -0.4 is 4.90 Å². The van der Waals surface area contributed by atoms with Crippen LogP contribution in [-0.2, 0) is 0 Å². The second-order valence-corrected chi connectivity index (χ2v) is 18.0. The van der Waals surface area contributed by atoms with Crippen molar-refractivity contribution < 1.29 is 4.42 Å². The van der Waals surface area contributed by atoms with E-state index in [2.05, 4.69) is 278 Å². The zero-order valence-electron chi connectivity index (χ0n) is 38.3. The van der Waals surface area contributed by atoms with E-state index < -0.39 is 0 Å². The Morgan fingerprint density at radius 1 is 0.257 bits per heavy atom.